The molecule has 3 heteroatoms. The van der Waals surface area contributed by atoms with Crippen molar-refractivity contribution in [1.29, 1.82) is 0 Å². The molecule has 1 unspecified atom stereocenters. The van der Waals surface area contributed by atoms with Crippen molar-refractivity contribution in [2.75, 3.05) is 0 Å². The molecule has 0 aliphatic carbocycles. The predicted molar refractivity (Wildman–Crippen MR) is 59.7 cm³/mol. The summed E-state index contributed by atoms with van der Waals surface area (Å²) in [6, 6.07) is 4.02. The van der Waals surface area contributed by atoms with Crippen LogP contribution in [-0.2, 0) is 11.3 Å². The molecule has 15 heavy (non-hydrogen) atoms. The Balaban J connectivity index is 2.24. The Morgan fingerprint density at radius 3 is 2.53 bits per heavy atom. The van der Waals surface area contributed by atoms with Gasteiger partial charge in [-0.25, -0.2) is 0 Å². The first-order valence-corrected chi connectivity index (χ1v) is 5.55. The van der Waals surface area contributed by atoms with E-state index in [9.17, 15) is 4.79 Å². The van der Waals surface area contributed by atoms with Crippen molar-refractivity contribution in [3.8, 4) is 0 Å². The van der Waals surface area contributed by atoms with Crippen LogP contribution in [0.4, 0.5) is 0 Å². The molecule has 0 amide bonds. The lowest BCUT2D eigenvalue weighted by Gasteiger charge is -2.13. The van der Waals surface area contributed by atoms with Crippen LogP contribution >= 0.6 is 0 Å². The number of aromatic nitrogens is 1. The van der Waals surface area contributed by atoms with Gasteiger partial charge in [0.2, 0.25) is 0 Å². The minimum Gasteiger partial charge on any atom is -0.481 e. The van der Waals surface area contributed by atoms with Crippen molar-refractivity contribution >= 4 is 5.97 Å². The van der Waals surface area contributed by atoms with Gasteiger partial charge in [0, 0.05) is 25.4 Å². The molecule has 0 bridgehead atoms. The van der Waals surface area contributed by atoms with Crippen LogP contribution in [0, 0.1) is 5.92 Å². The summed E-state index contributed by atoms with van der Waals surface area (Å²) in [6.45, 7) is 3.12. The van der Waals surface area contributed by atoms with E-state index in [0.29, 0.717) is 12.3 Å². The molecule has 0 aliphatic rings. The molecule has 3 nitrogen and oxygen atoms in total. The Hall–Kier alpha value is -1.25. The number of rotatable bonds is 7. The fourth-order valence-electron chi connectivity index (χ4n) is 1.73. The van der Waals surface area contributed by atoms with Crippen molar-refractivity contribution in [3.63, 3.8) is 0 Å². The van der Waals surface area contributed by atoms with Gasteiger partial charge >= 0.3 is 5.97 Å². The van der Waals surface area contributed by atoms with Crippen LogP contribution in [0.15, 0.2) is 24.5 Å². The summed E-state index contributed by atoms with van der Waals surface area (Å²) in [5.74, 6) is -0.155. The molecule has 1 aromatic rings. The van der Waals surface area contributed by atoms with Gasteiger partial charge in [-0.1, -0.05) is 13.3 Å². The van der Waals surface area contributed by atoms with Crippen LogP contribution in [0.25, 0.3) is 0 Å². The van der Waals surface area contributed by atoms with Crippen LogP contribution in [-0.4, -0.2) is 15.6 Å². The molecule has 0 aliphatic heterocycles. The summed E-state index contributed by atoms with van der Waals surface area (Å²) in [5, 5.41) is 8.60. The zero-order chi connectivity index (χ0) is 11.1. The molecule has 1 aromatic heterocycles. The molecule has 0 saturated heterocycles. The molecule has 0 radical (unpaired) electrons. The number of carboxylic acid groups (broad SMARTS) is 1. The van der Waals surface area contributed by atoms with E-state index < -0.39 is 5.97 Å². The smallest absolute Gasteiger partial charge is 0.303 e. The van der Waals surface area contributed by atoms with Crippen LogP contribution < -0.4 is 0 Å². The van der Waals surface area contributed by atoms with E-state index in [1.807, 2.05) is 24.5 Å². The highest BCUT2D eigenvalue weighted by Gasteiger charge is 2.08. The average molecular weight is 209 g/mol. The first-order chi connectivity index (χ1) is 7.22. The van der Waals surface area contributed by atoms with Gasteiger partial charge < -0.3 is 9.67 Å². The maximum absolute atomic E-state index is 10.4. The largest absolute Gasteiger partial charge is 0.481 e. The van der Waals surface area contributed by atoms with Crippen LogP contribution in [0.2, 0.25) is 0 Å². The van der Waals surface area contributed by atoms with Gasteiger partial charge in [0.15, 0.2) is 0 Å². The Morgan fingerprint density at radius 1 is 1.33 bits per heavy atom. The second-order valence-electron chi connectivity index (χ2n) is 3.92. The van der Waals surface area contributed by atoms with Crippen molar-refractivity contribution < 1.29 is 9.90 Å². The highest BCUT2D eigenvalue weighted by molar-refractivity contribution is 5.66. The quantitative estimate of drug-likeness (QED) is 0.750. The molecule has 0 fully saturated rings. The fraction of sp³-hybridized carbons (Fsp3) is 0.583. The second kappa shape index (κ2) is 6.27. The summed E-state index contributed by atoms with van der Waals surface area (Å²) in [5.41, 5.74) is 0. The number of nitrogens with zero attached hydrogens (tertiary/aromatic N) is 1. The van der Waals surface area contributed by atoms with Gasteiger partial charge in [-0.2, -0.15) is 0 Å². The lowest BCUT2D eigenvalue weighted by atomic mass is 9.97. The molecule has 0 saturated carbocycles. The average Bonchev–Trinajstić information content (AvgIpc) is 2.70. The highest BCUT2D eigenvalue weighted by Crippen LogP contribution is 2.16. The zero-order valence-electron chi connectivity index (χ0n) is 9.22. The predicted octanol–water partition coefficient (Wildman–Crippen LogP) is 2.77. The molecule has 84 valence electrons. The molecule has 0 aromatic carbocycles. The molecule has 1 heterocycles. The number of hydrogen-bond donors (Lipinski definition) is 1. The number of aliphatic carboxylic acids is 1. The Labute approximate surface area is 90.7 Å². The van der Waals surface area contributed by atoms with Crippen molar-refractivity contribution in [3.05, 3.63) is 24.5 Å². The van der Waals surface area contributed by atoms with E-state index in [2.05, 4.69) is 11.5 Å². The minimum absolute atomic E-state index is 0.296. The van der Waals surface area contributed by atoms with Crippen molar-refractivity contribution in [2.45, 2.75) is 39.2 Å². The van der Waals surface area contributed by atoms with Crippen LogP contribution in [0.1, 0.15) is 32.6 Å². The third-order valence-corrected chi connectivity index (χ3v) is 2.81. The lowest BCUT2D eigenvalue weighted by molar-refractivity contribution is -0.137. The van der Waals surface area contributed by atoms with E-state index in [4.69, 9.17) is 5.11 Å². The number of carbonyl (C=O) groups is 1. The van der Waals surface area contributed by atoms with E-state index in [1.165, 1.54) is 0 Å². The van der Waals surface area contributed by atoms with Crippen LogP contribution in [0.3, 0.4) is 0 Å². The van der Waals surface area contributed by atoms with E-state index in [0.717, 1.165) is 25.8 Å². The van der Waals surface area contributed by atoms with Gasteiger partial charge in [0.25, 0.3) is 0 Å². The normalized spacial score (nSPS) is 12.6. The Bertz CT molecular complexity index is 280. The van der Waals surface area contributed by atoms with Gasteiger partial charge in [-0.05, 0) is 30.9 Å². The zero-order valence-corrected chi connectivity index (χ0v) is 9.22. The Morgan fingerprint density at radius 2 is 2.00 bits per heavy atom. The summed E-state index contributed by atoms with van der Waals surface area (Å²) in [4.78, 5) is 10.4. The van der Waals surface area contributed by atoms with Gasteiger partial charge in [0.05, 0.1) is 0 Å². The standard InChI is InChI=1S/C12H19NO2/c1-2-11(5-6-12(14)15)7-10-13-8-3-4-9-13/h3-4,8-9,11H,2,5-7,10H2,1H3,(H,14,15). The third kappa shape index (κ3) is 4.68. The summed E-state index contributed by atoms with van der Waals surface area (Å²) >= 11 is 0. The summed E-state index contributed by atoms with van der Waals surface area (Å²) in [6.07, 6.45) is 7.32. The summed E-state index contributed by atoms with van der Waals surface area (Å²) < 4.78 is 2.14. The second-order valence-corrected chi connectivity index (χ2v) is 3.92. The SMILES string of the molecule is CCC(CCC(=O)O)CCn1cccc1. The van der Waals surface area contributed by atoms with E-state index in [-0.39, 0.29) is 0 Å². The van der Waals surface area contributed by atoms with Crippen molar-refractivity contribution in [2.24, 2.45) is 5.92 Å². The monoisotopic (exact) mass is 209 g/mol. The molecule has 1 atom stereocenters. The summed E-state index contributed by atoms with van der Waals surface area (Å²) in [7, 11) is 0. The first kappa shape index (κ1) is 11.8. The molecule has 1 N–H and O–H groups in total. The first-order valence-electron chi connectivity index (χ1n) is 5.55. The van der Waals surface area contributed by atoms with Gasteiger partial charge in [0.1, 0.15) is 0 Å². The molecular formula is C12H19NO2. The third-order valence-electron chi connectivity index (χ3n) is 2.81. The lowest BCUT2D eigenvalue weighted by Crippen LogP contribution is -2.07. The topological polar surface area (TPSA) is 42.2 Å². The fourth-order valence-corrected chi connectivity index (χ4v) is 1.73. The minimum atomic E-state index is -0.686. The number of aryl methyl sites for hydroxylation is 1. The van der Waals surface area contributed by atoms with Crippen molar-refractivity contribution in [1.82, 2.24) is 4.57 Å². The van der Waals surface area contributed by atoms with Gasteiger partial charge in [-0.3, -0.25) is 4.79 Å². The molecule has 1 rings (SSSR count). The maximum atomic E-state index is 10.4. The van der Waals surface area contributed by atoms with E-state index in [1.54, 1.807) is 0 Å². The van der Waals surface area contributed by atoms with E-state index >= 15 is 0 Å². The molecule has 0 spiro atoms. The Kier molecular flexibility index (Phi) is 4.95. The van der Waals surface area contributed by atoms with Gasteiger partial charge in [-0.15, -0.1) is 0 Å². The maximum Gasteiger partial charge on any atom is 0.303 e. The highest BCUT2D eigenvalue weighted by atomic mass is 16.4. The number of carboxylic acids is 1. The number of hydrogen-bond acceptors (Lipinski definition) is 1. The molecular weight excluding hydrogens is 190 g/mol. The van der Waals surface area contributed by atoms with Crippen LogP contribution in [0.5, 0.6) is 0 Å².